The van der Waals surface area contributed by atoms with Gasteiger partial charge in [-0.2, -0.15) is 5.10 Å². The molecule has 0 radical (unpaired) electrons. The van der Waals surface area contributed by atoms with Crippen molar-refractivity contribution in [1.29, 1.82) is 0 Å². The molecule has 1 N–H and O–H groups in total. The number of aromatic amines is 1. The first-order valence-corrected chi connectivity index (χ1v) is 9.51. The van der Waals surface area contributed by atoms with Gasteiger partial charge in [0.2, 0.25) is 5.91 Å². The number of pyridine rings is 1. The molecule has 1 fully saturated rings. The van der Waals surface area contributed by atoms with E-state index < -0.39 is 0 Å². The second-order valence-corrected chi connectivity index (χ2v) is 6.86. The van der Waals surface area contributed by atoms with Crippen LogP contribution in [-0.2, 0) is 17.8 Å². The predicted molar refractivity (Wildman–Crippen MR) is 102 cm³/mol. The maximum Gasteiger partial charge on any atom is 0.243 e. The quantitative estimate of drug-likeness (QED) is 0.755. The van der Waals surface area contributed by atoms with Crippen LogP contribution in [0.5, 0.6) is 0 Å². The third kappa shape index (κ3) is 3.49. The number of carbonyl (C=O) groups excluding carboxylic acids is 1. The Balaban J connectivity index is 1.60. The molecule has 0 aromatic carbocycles. The molecule has 3 aromatic rings. The third-order valence-corrected chi connectivity index (χ3v) is 5.24. The fraction of sp³-hybridized carbons (Fsp3) is 0.400. The lowest BCUT2D eigenvalue weighted by Gasteiger charge is -2.36. The van der Waals surface area contributed by atoms with Gasteiger partial charge in [0.15, 0.2) is 0 Å². The number of imidazole rings is 1. The van der Waals surface area contributed by atoms with Gasteiger partial charge < -0.3 is 9.47 Å². The minimum atomic E-state index is 0.0190. The van der Waals surface area contributed by atoms with Gasteiger partial charge in [0.1, 0.15) is 12.4 Å². The highest BCUT2D eigenvalue weighted by atomic mass is 16.2. The topological polar surface area (TPSA) is 79.7 Å². The molecule has 0 spiro atoms. The van der Waals surface area contributed by atoms with Crippen LogP contribution in [-0.4, -0.2) is 42.1 Å². The van der Waals surface area contributed by atoms with Gasteiger partial charge in [0.05, 0.1) is 17.9 Å². The van der Waals surface area contributed by atoms with Crippen LogP contribution in [0.1, 0.15) is 43.7 Å². The van der Waals surface area contributed by atoms with Crippen LogP contribution in [0.2, 0.25) is 0 Å². The Morgan fingerprint density at radius 1 is 1.26 bits per heavy atom. The highest BCUT2D eigenvalue weighted by Crippen LogP contribution is 2.35. The summed E-state index contributed by atoms with van der Waals surface area (Å²) in [5.41, 5.74) is 3.11. The maximum atomic E-state index is 13.1. The standard InChI is InChI=1S/C20H24N6O/c1-2-18-22-10-12-25(18)14-19(27)26-11-4-3-5-17(26)20-16(13-23-24-20)15-6-8-21-9-7-15/h6-10,12-13,17H,2-5,11,14H2,1H3,(H,23,24). The number of aryl methyl sites for hydroxylation is 1. The van der Waals surface area contributed by atoms with Crippen LogP contribution >= 0.6 is 0 Å². The Kier molecular flexibility index (Phi) is 5.00. The van der Waals surface area contributed by atoms with Gasteiger partial charge in [0, 0.05) is 43.3 Å². The molecule has 0 saturated carbocycles. The second-order valence-electron chi connectivity index (χ2n) is 6.86. The number of hydrogen-bond acceptors (Lipinski definition) is 4. The fourth-order valence-electron chi connectivity index (χ4n) is 3.88. The first kappa shape index (κ1) is 17.5. The number of amides is 1. The van der Waals surface area contributed by atoms with Crippen LogP contribution in [0.25, 0.3) is 11.1 Å². The molecule has 0 bridgehead atoms. The minimum Gasteiger partial charge on any atom is -0.333 e. The van der Waals surface area contributed by atoms with E-state index in [1.54, 1.807) is 18.6 Å². The average Bonchev–Trinajstić information content (AvgIpc) is 3.38. The van der Waals surface area contributed by atoms with E-state index in [1.165, 1.54) is 0 Å². The highest BCUT2D eigenvalue weighted by Gasteiger charge is 2.31. The number of H-pyrrole nitrogens is 1. The van der Waals surface area contributed by atoms with Crippen molar-refractivity contribution in [2.24, 2.45) is 0 Å². The van der Waals surface area contributed by atoms with Gasteiger partial charge in [-0.15, -0.1) is 0 Å². The number of aromatic nitrogens is 5. The van der Waals surface area contributed by atoms with Crippen molar-refractivity contribution >= 4 is 5.91 Å². The number of rotatable bonds is 5. The number of carbonyl (C=O) groups is 1. The largest absolute Gasteiger partial charge is 0.333 e. The Morgan fingerprint density at radius 2 is 2.11 bits per heavy atom. The molecular weight excluding hydrogens is 340 g/mol. The van der Waals surface area contributed by atoms with Crippen LogP contribution < -0.4 is 0 Å². The first-order chi connectivity index (χ1) is 13.3. The number of nitrogens with zero attached hydrogens (tertiary/aromatic N) is 5. The zero-order valence-electron chi connectivity index (χ0n) is 15.5. The summed E-state index contributed by atoms with van der Waals surface area (Å²) in [4.78, 5) is 23.5. The van der Waals surface area contributed by atoms with Gasteiger partial charge in [-0.3, -0.25) is 14.9 Å². The summed E-state index contributed by atoms with van der Waals surface area (Å²) in [5.74, 6) is 1.07. The summed E-state index contributed by atoms with van der Waals surface area (Å²) in [5, 5.41) is 7.43. The van der Waals surface area contributed by atoms with E-state index in [4.69, 9.17) is 0 Å². The van der Waals surface area contributed by atoms with Gasteiger partial charge >= 0.3 is 0 Å². The molecule has 4 heterocycles. The van der Waals surface area contributed by atoms with E-state index in [2.05, 4.69) is 27.1 Å². The molecule has 27 heavy (non-hydrogen) atoms. The van der Waals surface area contributed by atoms with E-state index >= 15 is 0 Å². The van der Waals surface area contributed by atoms with E-state index in [-0.39, 0.29) is 11.9 Å². The van der Waals surface area contributed by atoms with Crippen molar-refractivity contribution in [3.63, 3.8) is 0 Å². The van der Waals surface area contributed by atoms with Crippen molar-refractivity contribution in [2.45, 2.75) is 45.2 Å². The number of piperidine rings is 1. The maximum absolute atomic E-state index is 13.1. The van der Waals surface area contributed by atoms with E-state index in [0.717, 1.165) is 54.9 Å². The molecule has 0 aliphatic carbocycles. The van der Waals surface area contributed by atoms with Crippen LogP contribution in [0, 0.1) is 0 Å². The normalized spacial score (nSPS) is 17.2. The van der Waals surface area contributed by atoms with Crippen molar-refractivity contribution in [3.8, 4) is 11.1 Å². The highest BCUT2D eigenvalue weighted by molar-refractivity contribution is 5.77. The lowest BCUT2D eigenvalue weighted by Crippen LogP contribution is -2.40. The van der Waals surface area contributed by atoms with Gasteiger partial charge in [0.25, 0.3) is 0 Å². The smallest absolute Gasteiger partial charge is 0.243 e. The molecule has 1 atom stereocenters. The summed E-state index contributed by atoms with van der Waals surface area (Å²) < 4.78 is 1.95. The molecule has 1 aliphatic rings. The van der Waals surface area contributed by atoms with Crippen molar-refractivity contribution in [3.05, 3.63) is 54.6 Å². The van der Waals surface area contributed by atoms with E-state index in [1.807, 2.05) is 34.0 Å². The van der Waals surface area contributed by atoms with Crippen LogP contribution in [0.3, 0.4) is 0 Å². The molecule has 7 nitrogen and oxygen atoms in total. The fourth-order valence-corrected chi connectivity index (χ4v) is 3.88. The molecule has 140 valence electrons. The lowest BCUT2D eigenvalue weighted by atomic mass is 9.95. The molecule has 1 aliphatic heterocycles. The summed E-state index contributed by atoms with van der Waals surface area (Å²) in [6, 6.07) is 3.97. The van der Waals surface area contributed by atoms with Crippen LogP contribution in [0.15, 0.2) is 43.1 Å². The lowest BCUT2D eigenvalue weighted by molar-refractivity contribution is -0.135. The van der Waals surface area contributed by atoms with Gasteiger partial charge in [-0.25, -0.2) is 4.98 Å². The number of hydrogen-bond donors (Lipinski definition) is 1. The number of nitrogens with one attached hydrogen (secondary N) is 1. The average molecular weight is 364 g/mol. The molecule has 7 heteroatoms. The first-order valence-electron chi connectivity index (χ1n) is 9.51. The Hall–Kier alpha value is -2.96. The molecule has 1 amide bonds. The summed E-state index contributed by atoms with van der Waals surface area (Å²) in [6.07, 6.45) is 12.9. The number of likely N-dealkylation sites (tertiary alicyclic amines) is 1. The zero-order chi connectivity index (χ0) is 18.6. The summed E-state index contributed by atoms with van der Waals surface area (Å²) in [6.45, 7) is 3.16. The molecule has 3 aromatic heterocycles. The third-order valence-electron chi connectivity index (χ3n) is 5.24. The van der Waals surface area contributed by atoms with E-state index in [0.29, 0.717) is 6.54 Å². The molecule has 4 rings (SSSR count). The molecule has 1 unspecified atom stereocenters. The van der Waals surface area contributed by atoms with Gasteiger partial charge in [-0.05, 0) is 37.0 Å². The summed E-state index contributed by atoms with van der Waals surface area (Å²) >= 11 is 0. The Labute approximate surface area is 158 Å². The van der Waals surface area contributed by atoms with E-state index in [9.17, 15) is 4.79 Å². The predicted octanol–water partition coefficient (Wildman–Crippen LogP) is 2.98. The van der Waals surface area contributed by atoms with Crippen LogP contribution in [0.4, 0.5) is 0 Å². The van der Waals surface area contributed by atoms with Gasteiger partial charge in [-0.1, -0.05) is 6.92 Å². The van der Waals surface area contributed by atoms with Crippen molar-refractivity contribution in [2.75, 3.05) is 6.54 Å². The monoisotopic (exact) mass is 364 g/mol. The summed E-state index contributed by atoms with van der Waals surface area (Å²) in [7, 11) is 0. The second kappa shape index (κ2) is 7.73. The Morgan fingerprint density at radius 3 is 2.93 bits per heavy atom. The van der Waals surface area contributed by atoms with Crippen molar-refractivity contribution in [1.82, 2.24) is 29.6 Å². The molecular formula is C20H24N6O. The zero-order valence-corrected chi connectivity index (χ0v) is 15.5. The SMILES string of the molecule is CCc1nccn1CC(=O)N1CCCCC1c1[nH]ncc1-c1ccncc1. The Bertz CT molecular complexity index is 900. The van der Waals surface area contributed by atoms with Crippen molar-refractivity contribution < 1.29 is 4.79 Å². The molecule has 1 saturated heterocycles. The minimum absolute atomic E-state index is 0.0190.